The summed E-state index contributed by atoms with van der Waals surface area (Å²) >= 11 is 11.9. The summed E-state index contributed by atoms with van der Waals surface area (Å²) in [7, 11) is 0. The summed E-state index contributed by atoms with van der Waals surface area (Å²) in [4.78, 5) is 32.7. The summed E-state index contributed by atoms with van der Waals surface area (Å²) in [5.74, 6) is 0.357. The van der Waals surface area contributed by atoms with Crippen molar-refractivity contribution in [2.24, 2.45) is 0 Å². The van der Waals surface area contributed by atoms with Gasteiger partial charge >= 0.3 is 5.97 Å². The average Bonchev–Trinajstić information content (AvgIpc) is 3.01. The number of carbonyl (C=O) groups excluding carboxylic acids is 2. The number of carbonyl (C=O) groups is 2. The third-order valence-electron chi connectivity index (χ3n) is 4.75. The Labute approximate surface area is 186 Å². The zero-order valence-corrected chi connectivity index (χ0v) is 18.2. The van der Waals surface area contributed by atoms with Crippen LogP contribution in [-0.2, 0) is 9.53 Å². The summed E-state index contributed by atoms with van der Waals surface area (Å²) in [6, 6.07) is 8.78. The van der Waals surface area contributed by atoms with E-state index >= 15 is 0 Å². The van der Waals surface area contributed by atoms with E-state index in [1.807, 2.05) is 17.0 Å². The van der Waals surface area contributed by atoms with Crippen molar-refractivity contribution >= 4 is 47.0 Å². The molecule has 1 aromatic heterocycles. The van der Waals surface area contributed by atoms with Crippen molar-refractivity contribution in [2.75, 3.05) is 37.7 Å². The maximum atomic E-state index is 12.6. The summed E-state index contributed by atoms with van der Waals surface area (Å²) in [5.41, 5.74) is 1.25. The molecule has 30 heavy (non-hydrogen) atoms. The highest BCUT2D eigenvalue weighted by Crippen LogP contribution is 2.23. The first-order valence-corrected chi connectivity index (χ1v) is 10.5. The van der Waals surface area contributed by atoms with Crippen LogP contribution in [0, 0.1) is 0 Å². The minimum absolute atomic E-state index is 0.0476. The first-order chi connectivity index (χ1) is 14.5. The molecule has 158 valence electrons. The minimum atomic E-state index is -0.377. The largest absolute Gasteiger partial charge is 0.462 e. The number of anilines is 1. The minimum Gasteiger partial charge on any atom is -0.462 e. The van der Waals surface area contributed by atoms with Crippen LogP contribution in [0.4, 0.5) is 5.82 Å². The van der Waals surface area contributed by atoms with Gasteiger partial charge in [-0.2, -0.15) is 0 Å². The molecule has 8 heteroatoms. The third-order valence-corrected chi connectivity index (χ3v) is 5.49. The lowest BCUT2D eigenvalue weighted by molar-refractivity contribution is -0.125. The Bertz CT molecular complexity index is 932. The van der Waals surface area contributed by atoms with E-state index in [-0.39, 0.29) is 11.9 Å². The number of aromatic nitrogens is 1. The summed E-state index contributed by atoms with van der Waals surface area (Å²) in [6.07, 6.45) is 5.65. The van der Waals surface area contributed by atoms with Crippen molar-refractivity contribution in [2.45, 2.75) is 13.3 Å². The number of pyridine rings is 1. The molecule has 0 saturated carbocycles. The monoisotopic (exact) mass is 447 g/mol. The average molecular weight is 448 g/mol. The molecular weight excluding hydrogens is 425 g/mol. The fourth-order valence-corrected chi connectivity index (χ4v) is 3.47. The van der Waals surface area contributed by atoms with Crippen LogP contribution < -0.4 is 4.90 Å². The first-order valence-electron chi connectivity index (χ1n) is 9.78. The van der Waals surface area contributed by atoms with Crippen molar-refractivity contribution in [3.63, 3.8) is 0 Å². The van der Waals surface area contributed by atoms with Crippen LogP contribution in [0.3, 0.4) is 0 Å². The van der Waals surface area contributed by atoms with Gasteiger partial charge < -0.3 is 14.5 Å². The Morgan fingerprint density at radius 2 is 1.93 bits per heavy atom. The van der Waals surface area contributed by atoms with E-state index in [2.05, 4.69) is 9.88 Å². The smallest absolute Gasteiger partial charge is 0.339 e. The second-order valence-corrected chi connectivity index (χ2v) is 7.61. The van der Waals surface area contributed by atoms with Crippen LogP contribution in [0.1, 0.15) is 29.3 Å². The second-order valence-electron chi connectivity index (χ2n) is 6.80. The van der Waals surface area contributed by atoms with E-state index in [1.165, 1.54) is 6.20 Å². The van der Waals surface area contributed by atoms with Gasteiger partial charge in [-0.05, 0) is 49.2 Å². The summed E-state index contributed by atoms with van der Waals surface area (Å²) < 4.78 is 4.98. The van der Waals surface area contributed by atoms with E-state index in [1.54, 1.807) is 37.3 Å². The van der Waals surface area contributed by atoms with E-state index in [0.717, 1.165) is 24.3 Å². The second kappa shape index (κ2) is 10.5. The van der Waals surface area contributed by atoms with Crippen molar-refractivity contribution in [1.29, 1.82) is 0 Å². The SMILES string of the molecule is CCOC(=O)c1ccc(N2CCCN(C(=O)/C=C\c3ccc(Cl)c(Cl)c3)CC2)nc1. The summed E-state index contributed by atoms with van der Waals surface area (Å²) in [5, 5.41) is 0.940. The lowest BCUT2D eigenvalue weighted by Crippen LogP contribution is -2.34. The molecule has 0 unspecified atom stereocenters. The number of amides is 1. The molecule has 0 atom stereocenters. The van der Waals surface area contributed by atoms with Gasteiger partial charge in [-0.1, -0.05) is 29.3 Å². The van der Waals surface area contributed by atoms with Crippen LogP contribution in [0.5, 0.6) is 0 Å². The van der Waals surface area contributed by atoms with Gasteiger partial charge in [0.1, 0.15) is 5.82 Å². The molecule has 0 spiro atoms. The number of hydrogen-bond acceptors (Lipinski definition) is 5. The van der Waals surface area contributed by atoms with Gasteiger partial charge in [0.2, 0.25) is 5.91 Å². The van der Waals surface area contributed by atoms with Gasteiger partial charge in [0.05, 0.1) is 22.2 Å². The van der Waals surface area contributed by atoms with Gasteiger partial charge in [0.15, 0.2) is 0 Å². The van der Waals surface area contributed by atoms with Gasteiger partial charge in [-0.3, -0.25) is 4.79 Å². The van der Waals surface area contributed by atoms with Crippen molar-refractivity contribution in [1.82, 2.24) is 9.88 Å². The Kier molecular flexibility index (Phi) is 7.71. The van der Waals surface area contributed by atoms with E-state index in [4.69, 9.17) is 27.9 Å². The molecule has 1 saturated heterocycles. The maximum absolute atomic E-state index is 12.6. The Balaban J connectivity index is 1.58. The van der Waals surface area contributed by atoms with E-state index < -0.39 is 0 Å². The molecule has 0 bridgehead atoms. The third kappa shape index (κ3) is 5.74. The Morgan fingerprint density at radius 3 is 2.63 bits per heavy atom. The number of rotatable bonds is 5. The number of hydrogen-bond donors (Lipinski definition) is 0. The quantitative estimate of drug-likeness (QED) is 0.504. The molecule has 1 fully saturated rings. The molecule has 1 aromatic carbocycles. The molecule has 0 aliphatic carbocycles. The highest BCUT2D eigenvalue weighted by Gasteiger charge is 2.19. The Morgan fingerprint density at radius 1 is 1.10 bits per heavy atom. The van der Waals surface area contributed by atoms with Crippen LogP contribution in [0.2, 0.25) is 10.0 Å². The zero-order valence-electron chi connectivity index (χ0n) is 16.7. The lowest BCUT2D eigenvalue weighted by atomic mass is 10.2. The lowest BCUT2D eigenvalue weighted by Gasteiger charge is -2.22. The number of esters is 1. The predicted molar refractivity (Wildman–Crippen MR) is 119 cm³/mol. The zero-order chi connectivity index (χ0) is 21.5. The molecule has 0 N–H and O–H groups in total. The molecule has 1 amide bonds. The van der Waals surface area contributed by atoms with E-state index in [0.29, 0.717) is 41.8 Å². The van der Waals surface area contributed by atoms with Gasteiger partial charge in [0.25, 0.3) is 0 Å². The topological polar surface area (TPSA) is 62.7 Å². The number of ether oxygens (including phenoxy) is 1. The van der Waals surface area contributed by atoms with Crippen molar-refractivity contribution in [3.05, 3.63) is 63.8 Å². The number of benzene rings is 1. The molecule has 6 nitrogen and oxygen atoms in total. The molecule has 2 heterocycles. The van der Waals surface area contributed by atoms with Gasteiger partial charge in [-0.15, -0.1) is 0 Å². The van der Waals surface area contributed by atoms with Crippen LogP contribution in [-0.4, -0.2) is 54.5 Å². The van der Waals surface area contributed by atoms with Crippen LogP contribution >= 0.6 is 23.2 Å². The molecule has 3 rings (SSSR count). The standard InChI is InChI=1S/C22H23Cl2N3O3/c1-2-30-22(29)17-6-8-20(25-15-17)26-10-3-11-27(13-12-26)21(28)9-5-16-4-7-18(23)19(24)14-16/h4-9,14-15H,2-3,10-13H2,1H3/b9-5-. The molecule has 1 aliphatic rings. The van der Waals surface area contributed by atoms with E-state index in [9.17, 15) is 9.59 Å². The number of halogens is 2. The fourth-order valence-electron chi connectivity index (χ4n) is 3.16. The van der Waals surface area contributed by atoms with Crippen LogP contribution in [0.15, 0.2) is 42.6 Å². The maximum Gasteiger partial charge on any atom is 0.339 e. The van der Waals surface area contributed by atoms with Gasteiger partial charge in [0, 0.05) is 38.5 Å². The van der Waals surface area contributed by atoms with Crippen molar-refractivity contribution in [3.8, 4) is 0 Å². The normalized spacial score (nSPS) is 14.6. The summed E-state index contributed by atoms with van der Waals surface area (Å²) in [6.45, 7) is 4.80. The highest BCUT2D eigenvalue weighted by molar-refractivity contribution is 6.42. The molecule has 2 aromatic rings. The first kappa shape index (κ1) is 22.1. The molecule has 1 aliphatic heterocycles. The number of nitrogens with zero attached hydrogens (tertiary/aromatic N) is 3. The molecule has 0 radical (unpaired) electrons. The Hall–Kier alpha value is -2.57. The van der Waals surface area contributed by atoms with Gasteiger partial charge in [-0.25, -0.2) is 9.78 Å². The fraction of sp³-hybridized carbons (Fsp3) is 0.318. The highest BCUT2D eigenvalue weighted by atomic mass is 35.5. The predicted octanol–water partition coefficient (Wildman–Crippen LogP) is 4.32. The molecular formula is C22H23Cl2N3O3. The van der Waals surface area contributed by atoms with Crippen molar-refractivity contribution < 1.29 is 14.3 Å². The van der Waals surface area contributed by atoms with Crippen LogP contribution in [0.25, 0.3) is 6.08 Å².